The van der Waals surface area contributed by atoms with Crippen molar-refractivity contribution >= 4 is 16.6 Å². The maximum Gasteiger partial charge on any atom is 0.149 e. The Morgan fingerprint density at radius 1 is 1.10 bits per heavy atom. The number of aromatic nitrogens is 1. The Kier molecular flexibility index (Phi) is 3.44. The van der Waals surface area contributed by atoms with Crippen LogP contribution in [0.1, 0.15) is 0 Å². The second-order valence-electron chi connectivity index (χ2n) is 4.64. The van der Waals surface area contributed by atoms with Crippen LogP contribution in [-0.4, -0.2) is 19.1 Å². The first-order valence-electron chi connectivity index (χ1n) is 6.65. The molecular formula is C17H15FN2O. The average Bonchev–Trinajstić information content (AvgIpc) is 2.55. The Labute approximate surface area is 122 Å². The summed E-state index contributed by atoms with van der Waals surface area (Å²) in [6, 6.07) is 14.6. The summed E-state index contributed by atoms with van der Waals surface area (Å²) in [6.07, 6.45) is 0. The summed E-state index contributed by atoms with van der Waals surface area (Å²) in [7, 11) is 3.37. The predicted molar refractivity (Wildman–Crippen MR) is 83.2 cm³/mol. The number of hydrogen-bond donors (Lipinski definition) is 1. The fourth-order valence-corrected chi connectivity index (χ4v) is 2.40. The van der Waals surface area contributed by atoms with Crippen LogP contribution in [-0.2, 0) is 0 Å². The molecule has 3 aromatic rings. The number of halogens is 1. The first-order valence-corrected chi connectivity index (χ1v) is 6.65. The molecule has 4 heteroatoms. The smallest absolute Gasteiger partial charge is 0.149 e. The fourth-order valence-electron chi connectivity index (χ4n) is 2.40. The Bertz CT molecular complexity index is 788. The van der Waals surface area contributed by atoms with Crippen LogP contribution in [0, 0.1) is 5.82 Å². The van der Waals surface area contributed by atoms with Gasteiger partial charge in [0, 0.05) is 18.3 Å². The summed E-state index contributed by atoms with van der Waals surface area (Å²) in [5, 5.41) is 3.75. The first kappa shape index (κ1) is 13.4. The van der Waals surface area contributed by atoms with Crippen molar-refractivity contribution in [2.24, 2.45) is 0 Å². The van der Waals surface area contributed by atoms with Gasteiger partial charge in [0.15, 0.2) is 0 Å². The Balaban J connectivity index is 2.34. The zero-order valence-electron chi connectivity index (χ0n) is 11.9. The number of rotatable bonds is 3. The SMILES string of the molecule is CNc1cc(-c2ccccc2)nc2c(F)ccc(OC)c12. The average molecular weight is 282 g/mol. The molecule has 0 saturated carbocycles. The van der Waals surface area contributed by atoms with Crippen LogP contribution in [0.25, 0.3) is 22.2 Å². The normalized spacial score (nSPS) is 10.6. The van der Waals surface area contributed by atoms with Gasteiger partial charge < -0.3 is 10.1 Å². The van der Waals surface area contributed by atoms with Gasteiger partial charge in [0.05, 0.1) is 18.2 Å². The molecule has 0 radical (unpaired) electrons. The Morgan fingerprint density at radius 2 is 1.86 bits per heavy atom. The largest absolute Gasteiger partial charge is 0.496 e. The summed E-state index contributed by atoms with van der Waals surface area (Å²) in [5.74, 6) is 0.239. The van der Waals surface area contributed by atoms with Gasteiger partial charge >= 0.3 is 0 Å². The van der Waals surface area contributed by atoms with E-state index in [1.54, 1.807) is 20.2 Å². The molecule has 21 heavy (non-hydrogen) atoms. The van der Waals surface area contributed by atoms with E-state index in [0.29, 0.717) is 16.7 Å². The van der Waals surface area contributed by atoms with Crippen LogP contribution in [0.15, 0.2) is 48.5 Å². The number of pyridine rings is 1. The van der Waals surface area contributed by atoms with Crippen molar-refractivity contribution in [3.8, 4) is 17.0 Å². The maximum atomic E-state index is 14.2. The summed E-state index contributed by atoms with van der Waals surface area (Å²) >= 11 is 0. The first-order chi connectivity index (χ1) is 10.2. The minimum atomic E-state index is -0.361. The molecule has 0 atom stereocenters. The van der Waals surface area contributed by atoms with Gasteiger partial charge in [-0.3, -0.25) is 0 Å². The molecule has 1 heterocycles. The third-order valence-corrected chi connectivity index (χ3v) is 3.43. The zero-order valence-corrected chi connectivity index (χ0v) is 11.9. The highest BCUT2D eigenvalue weighted by atomic mass is 19.1. The van der Waals surface area contributed by atoms with Crippen LogP contribution in [0.3, 0.4) is 0 Å². The maximum absolute atomic E-state index is 14.2. The molecule has 3 rings (SSSR count). The second kappa shape index (κ2) is 5.40. The topological polar surface area (TPSA) is 34.2 Å². The quantitative estimate of drug-likeness (QED) is 0.785. The van der Waals surface area contributed by atoms with E-state index < -0.39 is 0 Å². The Morgan fingerprint density at radius 3 is 2.52 bits per heavy atom. The van der Waals surface area contributed by atoms with Crippen LogP contribution < -0.4 is 10.1 Å². The molecule has 0 fully saturated rings. The molecule has 0 unspecified atom stereocenters. The molecule has 106 valence electrons. The second-order valence-corrected chi connectivity index (χ2v) is 4.64. The molecule has 0 amide bonds. The number of nitrogens with one attached hydrogen (secondary N) is 1. The van der Waals surface area contributed by atoms with Crippen molar-refractivity contribution in [2.45, 2.75) is 0 Å². The zero-order chi connectivity index (χ0) is 14.8. The number of ether oxygens (including phenoxy) is 1. The van der Waals surface area contributed by atoms with Gasteiger partial charge in [-0.2, -0.15) is 0 Å². The molecule has 2 aromatic carbocycles. The van der Waals surface area contributed by atoms with Gasteiger partial charge in [-0.1, -0.05) is 30.3 Å². The third kappa shape index (κ3) is 2.29. The molecule has 3 nitrogen and oxygen atoms in total. The van der Waals surface area contributed by atoms with Crippen LogP contribution >= 0.6 is 0 Å². The van der Waals surface area contributed by atoms with Gasteiger partial charge in [-0.25, -0.2) is 9.37 Å². The van der Waals surface area contributed by atoms with E-state index in [1.807, 2.05) is 36.4 Å². The molecule has 0 saturated heterocycles. The number of anilines is 1. The standard InChI is InChI=1S/C17H15FN2O/c1-19-14-10-13(11-6-4-3-5-7-11)20-17-12(18)8-9-15(21-2)16(14)17/h3-10H,1-2H3,(H,19,20). The highest BCUT2D eigenvalue weighted by molar-refractivity contribution is 5.98. The monoisotopic (exact) mass is 282 g/mol. The molecule has 0 aliphatic rings. The minimum absolute atomic E-state index is 0.306. The van der Waals surface area contributed by atoms with Crippen LogP contribution in [0.2, 0.25) is 0 Å². The lowest BCUT2D eigenvalue weighted by Gasteiger charge is -2.13. The summed E-state index contributed by atoms with van der Waals surface area (Å²) in [6.45, 7) is 0. The summed E-state index contributed by atoms with van der Waals surface area (Å²) in [5.41, 5.74) is 2.76. The molecule has 1 N–H and O–H groups in total. The number of nitrogens with zero attached hydrogens (tertiary/aromatic N) is 1. The molecule has 0 aliphatic heterocycles. The molecule has 0 spiro atoms. The number of fused-ring (bicyclic) bond motifs is 1. The lowest BCUT2D eigenvalue weighted by molar-refractivity contribution is 0.419. The van der Waals surface area contributed by atoms with Crippen LogP contribution in [0.4, 0.5) is 10.1 Å². The van der Waals surface area contributed by atoms with E-state index >= 15 is 0 Å². The van der Waals surface area contributed by atoms with Crippen molar-refractivity contribution in [2.75, 3.05) is 19.5 Å². The molecular weight excluding hydrogens is 267 g/mol. The van der Waals surface area contributed by atoms with E-state index in [4.69, 9.17) is 4.74 Å². The van der Waals surface area contributed by atoms with Crippen molar-refractivity contribution in [1.82, 2.24) is 4.98 Å². The Hall–Kier alpha value is -2.62. The van der Waals surface area contributed by atoms with Crippen molar-refractivity contribution < 1.29 is 9.13 Å². The highest BCUT2D eigenvalue weighted by Gasteiger charge is 2.14. The third-order valence-electron chi connectivity index (χ3n) is 3.43. The fraction of sp³-hybridized carbons (Fsp3) is 0.118. The van der Waals surface area contributed by atoms with Gasteiger partial charge in [0.1, 0.15) is 17.1 Å². The molecule has 0 bridgehead atoms. The van der Waals surface area contributed by atoms with Gasteiger partial charge in [0.25, 0.3) is 0 Å². The summed E-state index contributed by atoms with van der Waals surface area (Å²) in [4.78, 5) is 4.47. The summed E-state index contributed by atoms with van der Waals surface area (Å²) < 4.78 is 19.5. The van der Waals surface area contributed by atoms with Crippen LogP contribution in [0.5, 0.6) is 5.75 Å². The highest BCUT2D eigenvalue weighted by Crippen LogP contribution is 2.35. The van der Waals surface area contributed by atoms with Crippen molar-refractivity contribution in [3.63, 3.8) is 0 Å². The number of benzene rings is 2. The molecule has 0 aliphatic carbocycles. The van der Waals surface area contributed by atoms with Gasteiger partial charge in [0.2, 0.25) is 0 Å². The van der Waals surface area contributed by atoms with Gasteiger partial charge in [-0.15, -0.1) is 0 Å². The van der Waals surface area contributed by atoms with E-state index in [2.05, 4.69) is 10.3 Å². The number of hydrogen-bond acceptors (Lipinski definition) is 3. The van der Waals surface area contributed by atoms with Gasteiger partial charge in [-0.05, 0) is 18.2 Å². The minimum Gasteiger partial charge on any atom is -0.496 e. The van der Waals surface area contributed by atoms with E-state index in [9.17, 15) is 4.39 Å². The van der Waals surface area contributed by atoms with E-state index in [0.717, 1.165) is 16.9 Å². The van der Waals surface area contributed by atoms with E-state index in [1.165, 1.54) is 6.07 Å². The lowest BCUT2D eigenvalue weighted by atomic mass is 10.1. The lowest BCUT2D eigenvalue weighted by Crippen LogP contribution is -1.98. The molecule has 1 aromatic heterocycles. The van der Waals surface area contributed by atoms with Crippen molar-refractivity contribution in [3.05, 3.63) is 54.3 Å². The number of methoxy groups -OCH3 is 1. The van der Waals surface area contributed by atoms with E-state index in [-0.39, 0.29) is 5.82 Å². The predicted octanol–water partition coefficient (Wildman–Crippen LogP) is 4.09. The van der Waals surface area contributed by atoms with Crippen molar-refractivity contribution in [1.29, 1.82) is 0 Å².